The van der Waals surface area contributed by atoms with Crippen LogP contribution in [0.3, 0.4) is 0 Å². The normalized spacial score (nSPS) is 12.6. The molecule has 0 radical (unpaired) electrons. The van der Waals surface area contributed by atoms with Crippen LogP contribution in [0.2, 0.25) is 0 Å². The first-order chi connectivity index (χ1) is 31.3. The summed E-state index contributed by atoms with van der Waals surface area (Å²) in [5.41, 5.74) is 16.9. The maximum atomic E-state index is 5.29. The first-order valence-corrected chi connectivity index (χ1v) is 21.7. The van der Waals surface area contributed by atoms with Gasteiger partial charge in [0.1, 0.15) is 0 Å². The number of fused-ring (bicyclic) bond motifs is 5. The van der Waals surface area contributed by atoms with E-state index in [0.717, 1.165) is 39.0 Å². The largest absolute Gasteiger partial charge is 0.228 e. The summed E-state index contributed by atoms with van der Waals surface area (Å²) in [7, 11) is 0. The van der Waals surface area contributed by atoms with Gasteiger partial charge in [0.2, 0.25) is 0 Å². The van der Waals surface area contributed by atoms with Gasteiger partial charge in [-0.3, -0.25) is 0 Å². The molecule has 12 rings (SSSR count). The average Bonchev–Trinajstić information content (AvgIpc) is 3.68. The van der Waals surface area contributed by atoms with Gasteiger partial charge in [0.25, 0.3) is 0 Å². The van der Waals surface area contributed by atoms with Gasteiger partial charge in [-0.25, -0.2) is 9.97 Å². The Morgan fingerprint density at radius 2 is 0.746 bits per heavy atom. The van der Waals surface area contributed by atoms with Gasteiger partial charge in [-0.1, -0.05) is 231 Å². The summed E-state index contributed by atoms with van der Waals surface area (Å²) in [4.78, 5) is 10.5. The van der Waals surface area contributed by atoms with Crippen LogP contribution in [0.5, 0.6) is 0 Å². The third-order valence-corrected chi connectivity index (χ3v) is 13.0. The van der Waals surface area contributed by atoms with Crippen LogP contribution in [0.25, 0.3) is 88.8 Å². The van der Waals surface area contributed by atoms with Crippen molar-refractivity contribution in [1.29, 1.82) is 0 Å². The number of nitrogens with zero attached hydrogens (tertiary/aromatic N) is 2. The van der Waals surface area contributed by atoms with Gasteiger partial charge >= 0.3 is 0 Å². The van der Waals surface area contributed by atoms with E-state index >= 15 is 0 Å². The quantitative estimate of drug-likeness (QED) is 0.160. The number of hydrogen-bond acceptors (Lipinski definition) is 2. The van der Waals surface area contributed by atoms with Gasteiger partial charge in [0.15, 0.2) is 5.82 Å². The van der Waals surface area contributed by atoms with E-state index in [1.807, 2.05) is 18.2 Å². The second-order valence-corrected chi connectivity index (χ2v) is 16.4. The fourth-order valence-electron chi connectivity index (χ4n) is 10.3. The Labute approximate surface area is 367 Å². The Bertz CT molecular complexity index is 3460. The van der Waals surface area contributed by atoms with Crippen LogP contribution in [0, 0.1) is 0 Å². The van der Waals surface area contributed by atoms with Crippen LogP contribution < -0.4 is 0 Å². The lowest BCUT2D eigenvalue weighted by atomic mass is 9.66. The summed E-state index contributed by atoms with van der Waals surface area (Å²) in [6.45, 7) is 0. The second kappa shape index (κ2) is 15.1. The van der Waals surface area contributed by atoms with Gasteiger partial charge in [0.05, 0.1) is 16.8 Å². The summed E-state index contributed by atoms with van der Waals surface area (Å²) in [5, 5.41) is 4.67. The molecule has 1 heterocycles. The van der Waals surface area contributed by atoms with Crippen molar-refractivity contribution in [2.75, 3.05) is 0 Å². The summed E-state index contributed by atoms with van der Waals surface area (Å²) in [6.07, 6.45) is 0. The fraction of sp³-hybridized carbons (Fsp3) is 0.0164. The number of rotatable bonds is 7. The van der Waals surface area contributed by atoms with Crippen LogP contribution in [0.4, 0.5) is 0 Å². The smallest absolute Gasteiger partial charge is 0.160 e. The molecule has 1 aliphatic carbocycles. The molecular formula is C61H40N2. The third kappa shape index (κ3) is 5.95. The Kier molecular flexibility index (Phi) is 8.76. The van der Waals surface area contributed by atoms with Crippen LogP contribution in [0.1, 0.15) is 22.3 Å². The standard InChI is InChI=1S/C61H40N2/c1-4-20-42(21-5-1)60-62-57(53-34-17-22-41-19-10-11-29-47(41)53)40-58(63-60)54-38-37-48(50-30-12-13-31-51(50)54)43-23-16-24-44(39-43)49-33-18-35-55-52-32-14-15-36-56(52)61(59(49)55,45-25-6-2-7-26-45)46-27-8-3-9-28-46/h1-40H. The van der Waals surface area contributed by atoms with Crippen LogP contribution >= 0.6 is 0 Å². The Morgan fingerprint density at radius 1 is 0.286 bits per heavy atom. The van der Waals surface area contributed by atoms with E-state index in [0.29, 0.717) is 5.82 Å². The first-order valence-electron chi connectivity index (χ1n) is 21.7. The van der Waals surface area contributed by atoms with Crippen molar-refractivity contribution >= 4 is 21.5 Å². The van der Waals surface area contributed by atoms with Gasteiger partial charge < -0.3 is 0 Å². The van der Waals surface area contributed by atoms with Crippen LogP contribution in [-0.4, -0.2) is 9.97 Å². The molecule has 0 fully saturated rings. The highest BCUT2D eigenvalue weighted by Gasteiger charge is 2.47. The molecule has 0 unspecified atom stereocenters. The van der Waals surface area contributed by atoms with Crippen molar-refractivity contribution in [3.05, 3.63) is 265 Å². The predicted octanol–water partition coefficient (Wildman–Crippen LogP) is 15.5. The van der Waals surface area contributed by atoms with E-state index < -0.39 is 5.41 Å². The van der Waals surface area contributed by atoms with E-state index in [9.17, 15) is 0 Å². The lowest BCUT2D eigenvalue weighted by Gasteiger charge is -2.35. The highest BCUT2D eigenvalue weighted by atomic mass is 14.9. The van der Waals surface area contributed by atoms with Crippen molar-refractivity contribution in [3.8, 4) is 67.3 Å². The molecule has 0 saturated carbocycles. The Hall–Kier alpha value is -8.20. The summed E-state index contributed by atoms with van der Waals surface area (Å²) in [6, 6.07) is 87.8. The minimum absolute atomic E-state index is 0.504. The molecular weight excluding hydrogens is 761 g/mol. The van der Waals surface area contributed by atoms with E-state index in [-0.39, 0.29) is 0 Å². The molecule has 294 valence electrons. The molecule has 0 spiro atoms. The van der Waals surface area contributed by atoms with Crippen molar-refractivity contribution < 1.29 is 0 Å². The minimum Gasteiger partial charge on any atom is -0.228 e. The van der Waals surface area contributed by atoms with Crippen LogP contribution in [-0.2, 0) is 5.41 Å². The molecule has 1 aromatic heterocycles. The summed E-state index contributed by atoms with van der Waals surface area (Å²) >= 11 is 0. The zero-order valence-electron chi connectivity index (χ0n) is 34.5. The average molecular weight is 801 g/mol. The Morgan fingerprint density at radius 3 is 1.48 bits per heavy atom. The lowest BCUT2D eigenvalue weighted by molar-refractivity contribution is 0.770. The molecule has 0 aliphatic heterocycles. The van der Waals surface area contributed by atoms with Gasteiger partial charge in [-0.15, -0.1) is 0 Å². The Balaban J connectivity index is 1.04. The van der Waals surface area contributed by atoms with E-state index in [2.05, 4.69) is 224 Å². The highest BCUT2D eigenvalue weighted by Crippen LogP contribution is 2.58. The van der Waals surface area contributed by atoms with E-state index in [1.165, 1.54) is 66.2 Å². The SMILES string of the molecule is c1ccc(-c2nc(-c3cccc4ccccc34)cc(-c3ccc(-c4cccc(-c5cccc6c5C(c5ccccc5)(c5ccccc5)c5ccccc5-6)c4)c4ccccc34)n2)cc1. The molecule has 0 saturated heterocycles. The van der Waals surface area contributed by atoms with E-state index in [1.54, 1.807) is 0 Å². The van der Waals surface area contributed by atoms with Crippen molar-refractivity contribution in [1.82, 2.24) is 9.97 Å². The predicted molar refractivity (Wildman–Crippen MR) is 262 cm³/mol. The maximum Gasteiger partial charge on any atom is 0.160 e. The number of aromatic nitrogens is 2. The minimum atomic E-state index is -0.504. The third-order valence-electron chi connectivity index (χ3n) is 13.0. The summed E-state index contributed by atoms with van der Waals surface area (Å²) in [5.74, 6) is 0.705. The van der Waals surface area contributed by atoms with Crippen LogP contribution in [0.15, 0.2) is 243 Å². The number of hydrogen-bond donors (Lipinski definition) is 0. The van der Waals surface area contributed by atoms with Crippen molar-refractivity contribution in [2.45, 2.75) is 5.41 Å². The van der Waals surface area contributed by atoms with Gasteiger partial charge in [-0.2, -0.15) is 0 Å². The fourth-order valence-corrected chi connectivity index (χ4v) is 10.3. The second-order valence-electron chi connectivity index (χ2n) is 16.4. The molecule has 0 bridgehead atoms. The van der Waals surface area contributed by atoms with Gasteiger partial charge in [0, 0.05) is 16.7 Å². The van der Waals surface area contributed by atoms with Gasteiger partial charge in [-0.05, 0) is 89.3 Å². The molecule has 0 N–H and O–H groups in total. The molecule has 2 heteroatoms. The van der Waals surface area contributed by atoms with E-state index in [4.69, 9.17) is 9.97 Å². The monoisotopic (exact) mass is 800 g/mol. The maximum absolute atomic E-state index is 5.29. The molecule has 11 aromatic rings. The number of benzene rings is 10. The topological polar surface area (TPSA) is 25.8 Å². The molecule has 0 atom stereocenters. The highest BCUT2D eigenvalue weighted by molar-refractivity contribution is 6.06. The summed E-state index contributed by atoms with van der Waals surface area (Å²) < 4.78 is 0. The molecule has 2 nitrogen and oxygen atoms in total. The lowest BCUT2D eigenvalue weighted by Crippen LogP contribution is -2.29. The molecule has 10 aromatic carbocycles. The molecule has 0 amide bonds. The molecule has 1 aliphatic rings. The zero-order chi connectivity index (χ0) is 41.7. The molecule has 63 heavy (non-hydrogen) atoms. The van der Waals surface area contributed by atoms with Crippen molar-refractivity contribution in [2.24, 2.45) is 0 Å². The zero-order valence-corrected chi connectivity index (χ0v) is 34.5. The van der Waals surface area contributed by atoms with Crippen molar-refractivity contribution in [3.63, 3.8) is 0 Å². The first kappa shape index (κ1) is 36.6.